The van der Waals surface area contributed by atoms with Gasteiger partial charge in [0.05, 0.1) is 0 Å². The quantitative estimate of drug-likeness (QED) is 0.239. The van der Waals surface area contributed by atoms with Crippen molar-refractivity contribution >= 4 is 11.7 Å². The third-order valence-electron chi connectivity index (χ3n) is 8.62. The van der Waals surface area contributed by atoms with Crippen molar-refractivity contribution in [1.82, 2.24) is 9.80 Å². The number of nitrogens with zero attached hydrogens (tertiary/aromatic N) is 2. The topological polar surface area (TPSA) is 60.9 Å². The predicted molar refractivity (Wildman–Crippen MR) is 167 cm³/mol. The van der Waals surface area contributed by atoms with Crippen LogP contribution in [-0.4, -0.2) is 59.8 Å². The fourth-order valence-electron chi connectivity index (χ4n) is 6.17. The van der Waals surface area contributed by atoms with Crippen molar-refractivity contribution < 1.29 is 14.7 Å². The average Bonchev–Trinajstić information content (AvgIpc) is 3.07. The summed E-state index contributed by atoms with van der Waals surface area (Å²) in [5.41, 5.74) is 1.49. The van der Waals surface area contributed by atoms with Gasteiger partial charge in [-0.25, -0.2) is 0 Å². The second-order valence-electron chi connectivity index (χ2n) is 11.4. The van der Waals surface area contributed by atoms with Gasteiger partial charge in [-0.2, -0.15) is 0 Å². The van der Waals surface area contributed by atoms with Crippen LogP contribution in [-0.2, 0) is 10.4 Å². The lowest BCUT2D eigenvalue weighted by Crippen LogP contribution is -2.45. The Kier molecular flexibility index (Phi) is 9.63. The smallest absolute Gasteiger partial charge is 0.253 e. The van der Waals surface area contributed by atoms with Gasteiger partial charge in [-0.15, -0.1) is 0 Å². The molecular formula is C37H40N2O3. The highest BCUT2D eigenvalue weighted by Crippen LogP contribution is 2.36. The molecule has 0 aliphatic carbocycles. The second kappa shape index (κ2) is 13.7. The molecule has 5 nitrogen and oxygen atoms in total. The van der Waals surface area contributed by atoms with E-state index in [1.54, 1.807) is 0 Å². The van der Waals surface area contributed by atoms with E-state index in [9.17, 15) is 14.7 Å². The summed E-state index contributed by atoms with van der Waals surface area (Å²) in [6.45, 7) is 3.12. The first-order valence-electron chi connectivity index (χ1n) is 14.9. The van der Waals surface area contributed by atoms with Crippen molar-refractivity contribution in [3.63, 3.8) is 0 Å². The average molecular weight is 561 g/mol. The van der Waals surface area contributed by atoms with Crippen LogP contribution >= 0.6 is 0 Å². The van der Waals surface area contributed by atoms with Crippen LogP contribution in [0.1, 0.15) is 52.2 Å². The van der Waals surface area contributed by atoms with Crippen LogP contribution in [0.2, 0.25) is 0 Å². The van der Waals surface area contributed by atoms with E-state index in [4.69, 9.17) is 0 Å². The molecule has 1 aliphatic rings. The van der Waals surface area contributed by atoms with Crippen LogP contribution in [0.3, 0.4) is 0 Å². The van der Waals surface area contributed by atoms with Gasteiger partial charge in [-0.3, -0.25) is 9.59 Å². The summed E-state index contributed by atoms with van der Waals surface area (Å²) >= 11 is 0. The number of likely N-dealkylation sites (tertiary alicyclic amines) is 1. The molecule has 1 heterocycles. The summed E-state index contributed by atoms with van der Waals surface area (Å²) in [4.78, 5) is 31.3. The maximum absolute atomic E-state index is 14.0. The lowest BCUT2D eigenvalue weighted by atomic mass is 9.75. The minimum atomic E-state index is -1.66. The monoisotopic (exact) mass is 560 g/mol. The Morgan fingerprint density at radius 1 is 0.786 bits per heavy atom. The number of likely N-dealkylation sites (N-methyl/N-ethyl adjacent to an activating group) is 1. The number of aliphatic hydroxyl groups is 1. The van der Waals surface area contributed by atoms with E-state index in [1.165, 1.54) is 5.56 Å². The van der Waals surface area contributed by atoms with E-state index < -0.39 is 5.60 Å². The van der Waals surface area contributed by atoms with Gasteiger partial charge >= 0.3 is 0 Å². The number of ketones is 1. The SMILES string of the molecule is CN(CC(CCN1CCC(C(=O)C(O)(c2ccccc2)c2ccccc2)CC1)c1ccccc1)C(=O)c1ccccc1. The molecule has 4 aromatic carbocycles. The molecule has 1 unspecified atom stereocenters. The van der Waals surface area contributed by atoms with E-state index in [0.717, 1.165) is 26.1 Å². The first-order chi connectivity index (χ1) is 20.5. The van der Waals surface area contributed by atoms with Gasteiger partial charge in [-0.05, 0) is 67.7 Å². The van der Waals surface area contributed by atoms with Gasteiger partial charge in [0.25, 0.3) is 5.91 Å². The zero-order valence-corrected chi connectivity index (χ0v) is 24.3. The van der Waals surface area contributed by atoms with E-state index >= 15 is 0 Å². The molecule has 216 valence electrons. The summed E-state index contributed by atoms with van der Waals surface area (Å²) in [5.74, 6) is -0.112. The number of rotatable bonds is 11. The number of Topliss-reactive ketones (excluding diaryl/α,β-unsaturated/α-hetero) is 1. The van der Waals surface area contributed by atoms with Crippen molar-refractivity contribution in [1.29, 1.82) is 0 Å². The predicted octanol–water partition coefficient (Wildman–Crippen LogP) is 6.15. The van der Waals surface area contributed by atoms with Gasteiger partial charge in [0.2, 0.25) is 0 Å². The molecule has 0 radical (unpaired) electrons. The van der Waals surface area contributed by atoms with Gasteiger partial charge in [0, 0.05) is 31.0 Å². The Labute approximate surface area is 249 Å². The third-order valence-corrected chi connectivity index (χ3v) is 8.62. The molecule has 0 spiro atoms. The van der Waals surface area contributed by atoms with Crippen molar-refractivity contribution in [2.45, 2.75) is 30.8 Å². The molecule has 42 heavy (non-hydrogen) atoms. The van der Waals surface area contributed by atoms with E-state index in [-0.39, 0.29) is 23.5 Å². The standard InChI is InChI=1S/C37H40N2O3/c1-38(36(41)31-16-8-3-9-17-31)28-32(29-14-6-2-7-15-29)24-27-39-25-22-30(23-26-39)35(40)37(42,33-18-10-4-11-19-33)34-20-12-5-13-21-34/h2-21,30,32,42H,22-28H2,1H3. The van der Waals surface area contributed by atoms with Crippen molar-refractivity contribution in [3.8, 4) is 0 Å². The first kappa shape index (κ1) is 29.4. The van der Waals surface area contributed by atoms with Gasteiger partial charge < -0.3 is 14.9 Å². The molecule has 0 bridgehead atoms. The largest absolute Gasteiger partial charge is 0.373 e. The highest BCUT2D eigenvalue weighted by Gasteiger charge is 2.43. The van der Waals surface area contributed by atoms with Crippen LogP contribution < -0.4 is 0 Å². The normalized spacial score (nSPS) is 15.2. The lowest BCUT2D eigenvalue weighted by molar-refractivity contribution is -0.140. The van der Waals surface area contributed by atoms with Gasteiger partial charge in [-0.1, -0.05) is 109 Å². The highest BCUT2D eigenvalue weighted by atomic mass is 16.3. The number of amides is 1. The summed E-state index contributed by atoms with van der Waals surface area (Å²) < 4.78 is 0. The highest BCUT2D eigenvalue weighted by molar-refractivity contribution is 5.94. The van der Waals surface area contributed by atoms with Crippen LogP contribution in [0.5, 0.6) is 0 Å². The molecule has 4 aromatic rings. The molecule has 1 N–H and O–H groups in total. The third kappa shape index (κ3) is 6.70. The zero-order chi connectivity index (χ0) is 29.4. The molecule has 0 aromatic heterocycles. The van der Waals surface area contributed by atoms with Crippen molar-refractivity contribution in [2.24, 2.45) is 5.92 Å². The van der Waals surface area contributed by atoms with Crippen LogP contribution in [0, 0.1) is 5.92 Å². The number of hydrogen-bond acceptors (Lipinski definition) is 4. The number of piperidine rings is 1. The van der Waals surface area contributed by atoms with E-state index in [2.05, 4.69) is 29.2 Å². The van der Waals surface area contributed by atoms with Crippen LogP contribution in [0.15, 0.2) is 121 Å². The Hall–Kier alpha value is -4.06. The molecule has 1 fully saturated rings. The van der Waals surface area contributed by atoms with E-state index in [1.807, 2.05) is 109 Å². The fourth-order valence-corrected chi connectivity index (χ4v) is 6.17. The second-order valence-corrected chi connectivity index (χ2v) is 11.4. The number of carbonyl (C=O) groups excluding carboxylic acids is 2. The Morgan fingerprint density at radius 2 is 1.26 bits per heavy atom. The molecule has 1 amide bonds. The minimum Gasteiger partial charge on any atom is -0.373 e. The number of carbonyl (C=O) groups is 2. The number of benzene rings is 4. The maximum Gasteiger partial charge on any atom is 0.253 e. The van der Waals surface area contributed by atoms with E-state index in [0.29, 0.717) is 36.1 Å². The van der Waals surface area contributed by atoms with Crippen molar-refractivity contribution in [2.75, 3.05) is 33.2 Å². The summed E-state index contributed by atoms with van der Waals surface area (Å²) in [6, 6.07) is 38.5. The molecule has 1 aliphatic heterocycles. The molecule has 1 saturated heterocycles. The fraction of sp³-hybridized carbons (Fsp3) is 0.297. The summed E-state index contributed by atoms with van der Waals surface area (Å²) in [5, 5.41) is 12.0. The Morgan fingerprint density at radius 3 is 1.79 bits per heavy atom. The minimum absolute atomic E-state index is 0.0279. The van der Waals surface area contributed by atoms with Crippen molar-refractivity contribution in [3.05, 3.63) is 144 Å². The van der Waals surface area contributed by atoms with Crippen LogP contribution in [0.4, 0.5) is 0 Å². The van der Waals surface area contributed by atoms with Gasteiger partial charge in [0.15, 0.2) is 11.4 Å². The molecule has 0 saturated carbocycles. The molecule has 5 heteroatoms. The molecule has 5 rings (SSSR count). The number of hydrogen-bond donors (Lipinski definition) is 1. The molecule has 1 atom stereocenters. The summed E-state index contributed by atoms with van der Waals surface area (Å²) in [6.07, 6.45) is 2.33. The first-order valence-corrected chi connectivity index (χ1v) is 14.9. The molecular weight excluding hydrogens is 520 g/mol. The Bertz CT molecular complexity index is 1380. The van der Waals surface area contributed by atoms with Crippen LogP contribution in [0.25, 0.3) is 0 Å². The van der Waals surface area contributed by atoms with Gasteiger partial charge in [0.1, 0.15) is 0 Å². The Balaban J connectivity index is 1.23. The zero-order valence-electron chi connectivity index (χ0n) is 24.3. The maximum atomic E-state index is 14.0. The lowest BCUT2D eigenvalue weighted by Gasteiger charge is -2.37. The summed E-state index contributed by atoms with van der Waals surface area (Å²) in [7, 11) is 1.88.